The number of amides is 1. The number of carbonyl (C=O) groups is 1. The van der Waals surface area contributed by atoms with Crippen LogP contribution in [-0.4, -0.2) is 49.0 Å². The number of carbonyl (C=O) groups excluding carboxylic acids is 1. The Balaban J connectivity index is 1.19. The van der Waals surface area contributed by atoms with E-state index in [1.807, 2.05) is 91.0 Å². The number of amidine groups is 1. The Kier molecular flexibility index (Phi) is 6.57. The second-order valence-corrected chi connectivity index (χ2v) is 12.5. The fourth-order valence-electron chi connectivity index (χ4n) is 6.10. The first kappa shape index (κ1) is 25.5. The van der Waals surface area contributed by atoms with Crippen LogP contribution in [0.2, 0.25) is 0 Å². The maximum atomic E-state index is 14.1. The van der Waals surface area contributed by atoms with Gasteiger partial charge in [0.2, 0.25) is 15.9 Å². The van der Waals surface area contributed by atoms with Crippen LogP contribution >= 0.6 is 0 Å². The van der Waals surface area contributed by atoms with Gasteiger partial charge in [0.15, 0.2) is 0 Å². The Morgan fingerprint density at radius 1 is 0.769 bits per heavy atom. The van der Waals surface area contributed by atoms with E-state index in [1.165, 1.54) is 0 Å². The van der Waals surface area contributed by atoms with Crippen LogP contribution in [0.5, 0.6) is 0 Å². The van der Waals surface area contributed by atoms with Crippen molar-refractivity contribution < 1.29 is 13.2 Å². The molecule has 0 atom stereocenters. The van der Waals surface area contributed by atoms with Gasteiger partial charge in [-0.05, 0) is 52.8 Å². The third kappa shape index (κ3) is 4.45. The quantitative estimate of drug-likeness (QED) is 0.356. The first-order valence-electron chi connectivity index (χ1n) is 13.4. The van der Waals surface area contributed by atoms with E-state index >= 15 is 0 Å². The summed E-state index contributed by atoms with van der Waals surface area (Å²) < 4.78 is 28.4. The SMILES string of the molecule is N=C1CC(c2ccccc2)(c2ccccc2)C(=O)N1CC1CCN(S(=O)(=O)c2ccc3ccccc3c2)CC1. The molecular formula is C32H31N3O3S. The van der Waals surface area contributed by atoms with Gasteiger partial charge in [-0.15, -0.1) is 0 Å². The molecule has 2 heterocycles. The highest BCUT2D eigenvalue weighted by atomic mass is 32.2. The summed E-state index contributed by atoms with van der Waals surface area (Å²) in [5, 5.41) is 10.7. The van der Waals surface area contributed by atoms with E-state index in [0.29, 0.717) is 49.6 Å². The summed E-state index contributed by atoms with van der Waals surface area (Å²) >= 11 is 0. The summed E-state index contributed by atoms with van der Waals surface area (Å²) in [5.41, 5.74) is 0.870. The topological polar surface area (TPSA) is 81.5 Å². The van der Waals surface area contributed by atoms with Gasteiger partial charge in [0, 0.05) is 26.1 Å². The Hall–Kier alpha value is -3.81. The third-order valence-corrected chi connectivity index (χ3v) is 10.2. The molecule has 6 nitrogen and oxygen atoms in total. The van der Waals surface area contributed by atoms with Crippen molar-refractivity contribution in [3.05, 3.63) is 114 Å². The van der Waals surface area contributed by atoms with Crippen LogP contribution in [0.3, 0.4) is 0 Å². The van der Waals surface area contributed by atoms with Crippen molar-refractivity contribution in [3.8, 4) is 0 Å². The van der Waals surface area contributed by atoms with Crippen molar-refractivity contribution in [3.63, 3.8) is 0 Å². The molecule has 0 bridgehead atoms. The molecule has 4 aromatic carbocycles. The van der Waals surface area contributed by atoms with Gasteiger partial charge in [0.1, 0.15) is 11.3 Å². The van der Waals surface area contributed by atoms with Crippen LogP contribution in [0.4, 0.5) is 0 Å². The number of hydrogen-bond acceptors (Lipinski definition) is 4. The summed E-state index contributed by atoms with van der Waals surface area (Å²) in [6, 6.07) is 32.5. The Bertz CT molecular complexity index is 1590. The van der Waals surface area contributed by atoms with E-state index in [2.05, 4.69) is 0 Å². The molecule has 2 fully saturated rings. The van der Waals surface area contributed by atoms with Crippen LogP contribution in [-0.2, 0) is 20.2 Å². The van der Waals surface area contributed by atoms with Crippen molar-refractivity contribution in [1.29, 1.82) is 5.41 Å². The fourth-order valence-corrected chi connectivity index (χ4v) is 7.60. The molecule has 0 aliphatic carbocycles. The normalized spacial score (nSPS) is 18.6. The monoisotopic (exact) mass is 537 g/mol. The Morgan fingerprint density at radius 2 is 1.33 bits per heavy atom. The average molecular weight is 538 g/mol. The molecule has 198 valence electrons. The predicted octanol–water partition coefficient (Wildman–Crippen LogP) is 5.44. The van der Waals surface area contributed by atoms with Crippen molar-refractivity contribution in [2.75, 3.05) is 19.6 Å². The van der Waals surface area contributed by atoms with Crippen LogP contribution in [0.1, 0.15) is 30.4 Å². The molecule has 0 aromatic heterocycles. The van der Waals surface area contributed by atoms with Crippen molar-refractivity contribution >= 4 is 32.5 Å². The second kappa shape index (κ2) is 10.1. The molecule has 39 heavy (non-hydrogen) atoms. The highest BCUT2D eigenvalue weighted by Crippen LogP contribution is 2.43. The predicted molar refractivity (Wildman–Crippen MR) is 153 cm³/mol. The third-order valence-electron chi connectivity index (χ3n) is 8.27. The molecule has 0 radical (unpaired) electrons. The fraction of sp³-hybridized carbons (Fsp3) is 0.250. The number of sulfonamides is 1. The molecule has 7 heteroatoms. The number of likely N-dealkylation sites (tertiary alicyclic amines) is 1. The van der Waals surface area contributed by atoms with E-state index < -0.39 is 15.4 Å². The summed E-state index contributed by atoms with van der Waals surface area (Å²) in [6.45, 7) is 1.23. The second-order valence-electron chi connectivity index (χ2n) is 10.5. The minimum absolute atomic E-state index is 0.0730. The van der Waals surface area contributed by atoms with Gasteiger partial charge < -0.3 is 0 Å². The first-order chi connectivity index (χ1) is 18.9. The average Bonchev–Trinajstić information content (AvgIpc) is 3.24. The number of nitrogens with zero attached hydrogens (tertiary/aromatic N) is 2. The lowest BCUT2D eigenvalue weighted by Gasteiger charge is -2.34. The first-order valence-corrected chi connectivity index (χ1v) is 14.8. The zero-order chi connectivity index (χ0) is 27.0. The molecule has 0 saturated carbocycles. The summed E-state index contributed by atoms with van der Waals surface area (Å²) in [6.07, 6.45) is 1.61. The zero-order valence-electron chi connectivity index (χ0n) is 21.7. The van der Waals surface area contributed by atoms with Gasteiger partial charge in [0.05, 0.1) is 4.90 Å². The molecule has 1 amide bonds. The van der Waals surface area contributed by atoms with Crippen LogP contribution in [0.25, 0.3) is 10.8 Å². The molecule has 0 spiro atoms. The molecular weight excluding hydrogens is 506 g/mol. The molecule has 2 aliphatic rings. The Morgan fingerprint density at radius 3 is 1.95 bits per heavy atom. The highest BCUT2D eigenvalue weighted by molar-refractivity contribution is 7.89. The molecule has 2 aliphatic heterocycles. The summed E-state index contributed by atoms with van der Waals surface area (Å²) in [7, 11) is -3.61. The molecule has 0 unspecified atom stereocenters. The highest BCUT2D eigenvalue weighted by Gasteiger charge is 2.52. The smallest absolute Gasteiger partial charge is 0.243 e. The number of hydrogen-bond donors (Lipinski definition) is 1. The lowest BCUT2D eigenvalue weighted by Crippen LogP contribution is -2.44. The number of nitrogens with one attached hydrogen (secondary N) is 1. The molecule has 2 saturated heterocycles. The maximum Gasteiger partial charge on any atom is 0.243 e. The number of benzene rings is 4. The van der Waals surface area contributed by atoms with Crippen molar-refractivity contribution in [2.45, 2.75) is 29.6 Å². The van der Waals surface area contributed by atoms with Gasteiger partial charge in [-0.25, -0.2) is 8.42 Å². The Labute approximate surface area is 229 Å². The van der Waals surface area contributed by atoms with Gasteiger partial charge in [-0.3, -0.25) is 15.1 Å². The number of rotatable bonds is 6. The number of fused-ring (bicyclic) bond motifs is 1. The van der Waals surface area contributed by atoms with Gasteiger partial charge >= 0.3 is 0 Å². The summed E-state index contributed by atoms with van der Waals surface area (Å²) in [5.74, 6) is 0.370. The van der Waals surface area contributed by atoms with Crippen LogP contribution in [0.15, 0.2) is 108 Å². The van der Waals surface area contributed by atoms with Gasteiger partial charge in [-0.1, -0.05) is 91.0 Å². The van der Waals surface area contributed by atoms with E-state index in [4.69, 9.17) is 5.41 Å². The molecule has 4 aromatic rings. The lowest BCUT2D eigenvalue weighted by molar-refractivity contribution is -0.130. The van der Waals surface area contributed by atoms with Crippen molar-refractivity contribution in [2.24, 2.45) is 5.92 Å². The minimum Gasteiger partial charge on any atom is -0.299 e. The zero-order valence-corrected chi connectivity index (χ0v) is 22.5. The van der Waals surface area contributed by atoms with E-state index in [-0.39, 0.29) is 11.8 Å². The van der Waals surface area contributed by atoms with Gasteiger partial charge in [0.25, 0.3) is 0 Å². The molecule has 1 N–H and O–H groups in total. The summed E-state index contributed by atoms with van der Waals surface area (Å²) in [4.78, 5) is 16.1. The standard InChI is InChI=1S/C32H31N3O3S/c33-30-22-32(27-11-3-1-4-12-27,28-13-5-2-6-14-28)31(36)35(30)23-24-17-19-34(20-18-24)39(37,38)29-16-15-25-9-7-8-10-26(25)21-29/h1-16,21,24,33H,17-20,22-23H2. The van der Waals surface area contributed by atoms with Crippen LogP contribution in [0, 0.1) is 11.3 Å². The van der Waals surface area contributed by atoms with Crippen molar-refractivity contribution in [1.82, 2.24) is 9.21 Å². The van der Waals surface area contributed by atoms with Crippen LogP contribution < -0.4 is 0 Å². The molecule has 6 rings (SSSR count). The lowest BCUT2D eigenvalue weighted by atomic mass is 9.73. The van der Waals surface area contributed by atoms with E-state index in [9.17, 15) is 13.2 Å². The minimum atomic E-state index is -3.61. The largest absolute Gasteiger partial charge is 0.299 e. The van der Waals surface area contributed by atoms with E-state index in [0.717, 1.165) is 21.9 Å². The van der Waals surface area contributed by atoms with Gasteiger partial charge in [-0.2, -0.15) is 4.31 Å². The maximum absolute atomic E-state index is 14.1. The van der Waals surface area contributed by atoms with E-state index in [1.54, 1.807) is 21.3 Å². The number of piperidine rings is 1.